The van der Waals surface area contributed by atoms with Crippen LogP contribution in [0, 0.1) is 11.3 Å². The molecule has 1 N–H and O–H groups in total. The van der Waals surface area contributed by atoms with E-state index in [0.29, 0.717) is 44.0 Å². The highest BCUT2D eigenvalue weighted by atomic mass is 16.5. The molecule has 8 heteroatoms. The standard InChI is InChI=1S/C20H24N4O4/c1-28-10-9-22-11-15-12-23(14-20(15,13-22)19(26)27)18(25)16-5-2-3-6-17(16)24-8-4-7-21-24/h2-8,15H,9-14H2,1H3,(H,26,27)/t15-,20-/m0/s1. The lowest BCUT2D eigenvalue weighted by Crippen LogP contribution is -2.42. The number of carboxylic acids is 1. The molecule has 4 rings (SSSR count). The Balaban J connectivity index is 1.57. The first kappa shape index (κ1) is 18.6. The van der Waals surface area contributed by atoms with Gasteiger partial charge in [0.1, 0.15) is 5.41 Å². The van der Waals surface area contributed by atoms with Gasteiger partial charge in [-0.05, 0) is 18.2 Å². The average molecular weight is 384 g/mol. The second-order valence-corrected chi connectivity index (χ2v) is 7.54. The predicted octanol–water partition coefficient (Wildman–Crippen LogP) is 0.977. The molecule has 1 aromatic carbocycles. The van der Waals surface area contributed by atoms with Crippen LogP contribution in [0.1, 0.15) is 10.4 Å². The van der Waals surface area contributed by atoms with Gasteiger partial charge in [-0.2, -0.15) is 5.10 Å². The molecule has 0 aliphatic carbocycles. The number of aromatic nitrogens is 2. The second-order valence-electron chi connectivity index (χ2n) is 7.54. The van der Waals surface area contributed by atoms with E-state index in [0.717, 1.165) is 0 Å². The van der Waals surface area contributed by atoms with E-state index in [1.165, 1.54) is 0 Å². The Labute approximate surface area is 163 Å². The number of carbonyl (C=O) groups excluding carboxylic acids is 1. The number of hydrogen-bond acceptors (Lipinski definition) is 5. The third kappa shape index (κ3) is 3.08. The summed E-state index contributed by atoms with van der Waals surface area (Å²) < 4.78 is 6.78. The zero-order valence-corrected chi connectivity index (χ0v) is 15.8. The number of carboxylic acid groups (broad SMARTS) is 1. The van der Waals surface area contributed by atoms with Gasteiger partial charge in [0.25, 0.3) is 5.91 Å². The molecule has 2 aromatic rings. The quantitative estimate of drug-likeness (QED) is 0.799. The molecule has 148 valence electrons. The number of fused-ring (bicyclic) bond motifs is 1. The maximum absolute atomic E-state index is 13.3. The summed E-state index contributed by atoms with van der Waals surface area (Å²) in [5.41, 5.74) is 0.313. The van der Waals surface area contributed by atoms with Crippen molar-refractivity contribution in [2.45, 2.75) is 0 Å². The Morgan fingerprint density at radius 3 is 2.75 bits per heavy atom. The molecule has 0 spiro atoms. The van der Waals surface area contributed by atoms with E-state index in [1.54, 1.807) is 41.2 Å². The number of carbonyl (C=O) groups is 2. The molecule has 2 aliphatic rings. The monoisotopic (exact) mass is 384 g/mol. The van der Waals surface area contributed by atoms with Crippen LogP contribution in [0.15, 0.2) is 42.7 Å². The fourth-order valence-corrected chi connectivity index (χ4v) is 4.45. The van der Waals surface area contributed by atoms with Gasteiger partial charge in [-0.25, -0.2) is 4.68 Å². The van der Waals surface area contributed by atoms with E-state index in [9.17, 15) is 14.7 Å². The Hall–Kier alpha value is -2.71. The van der Waals surface area contributed by atoms with Gasteiger partial charge in [0, 0.05) is 58.1 Å². The SMILES string of the molecule is COCCN1C[C@H]2CN(C(=O)c3ccccc3-n3cccn3)C[C@@]2(C(=O)O)C1. The van der Waals surface area contributed by atoms with Crippen LogP contribution in [-0.2, 0) is 9.53 Å². The van der Waals surface area contributed by atoms with Gasteiger partial charge in [0.2, 0.25) is 0 Å². The van der Waals surface area contributed by atoms with E-state index in [-0.39, 0.29) is 18.4 Å². The summed E-state index contributed by atoms with van der Waals surface area (Å²) >= 11 is 0. The van der Waals surface area contributed by atoms with E-state index in [4.69, 9.17) is 4.74 Å². The number of ether oxygens (including phenoxy) is 1. The summed E-state index contributed by atoms with van der Waals surface area (Å²) in [4.78, 5) is 29.3. The molecule has 0 radical (unpaired) electrons. The van der Waals surface area contributed by atoms with Crippen molar-refractivity contribution in [2.75, 3.05) is 46.4 Å². The highest BCUT2D eigenvalue weighted by molar-refractivity contribution is 5.98. The lowest BCUT2D eigenvalue weighted by molar-refractivity contribution is -0.148. The van der Waals surface area contributed by atoms with E-state index < -0.39 is 11.4 Å². The number of rotatable bonds is 6. The van der Waals surface area contributed by atoms with Crippen molar-refractivity contribution in [2.24, 2.45) is 11.3 Å². The zero-order valence-electron chi connectivity index (χ0n) is 15.8. The number of para-hydroxylation sites is 1. The van der Waals surface area contributed by atoms with Gasteiger partial charge < -0.3 is 14.7 Å². The van der Waals surface area contributed by atoms with Crippen molar-refractivity contribution in [3.63, 3.8) is 0 Å². The van der Waals surface area contributed by atoms with Gasteiger partial charge in [-0.3, -0.25) is 14.5 Å². The van der Waals surface area contributed by atoms with E-state index in [1.807, 2.05) is 18.2 Å². The number of likely N-dealkylation sites (tertiary alicyclic amines) is 2. The maximum Gasteiger partial charge on any atom is 0.313 e. The molecule has 0 bridgehead atoms. The number of hydrogen-bond donors (Lipinski definition) is 1. The summed E-state index contributed by atoms with van der Waals surface area (Å²) in [6.45, 7) is 3.06. The Morgan fingerprint density at radius 1 is 1.25 bits per heavy atom. The third-order valence-corrected chi connectivity index (χ3v) is 5.89. The van der Waals surface area contributed by atoms with Gasteiger partial charge in [0.05, 0.1) is 17.9 Å². The van der Waals surface area contributed by atoms with Gasteiger partial charge >= 0.3 is 5.97 Å². The molecule has 0 unspecified atom stereocenters. The van der Waals surface area contributed by atoms with E-state index >= 15 is 0 Å². The molecule has 2 saturated heterocycles. The first-order chi connectivity index (χ1) is 13.5. The van der Waals surface area contributed by atoms with Crippen LogP contribution < -0.4 is 0 Å². The molecular weight excluding hydrogens is 360 g/mol. The second kappa shape index (κ2) is 7.37. The minimum Gasteiger partial charge on any atom is -0.481 e. The number of aliphatic carboxylic acids is 1. The summed E-state index contributed by atoms with van der Waals surface area (Å²) in [5.74, 6) is -1.06. The van der Waals surface area contributed by atoms with Crippen LogP contribution in [0.5, 0.6) is 0 Å². The fraction of sp³-hybridized carbons (Fsp3) is 0.450. The van der Waals surface area contributed by atoms with Crippen molar-refractivity contribution >= 4 is 11.9 Å². The minimum atomic E-state index is -0.913. The van der Waals surface area contributed by atoms with Crippen molar-refractivity contribution < 1.29 is 19.4 Å². The average Bonchev–Trinajstić information content (AvgIpc) is 3.40. The van der Waals surface area contributed by atoms with Crippen molar-refractivity contribution in [1.29, 1.82) is 0 Å². The number of methoxy groups -OCH3 is 1. The molecule has 3 heterocycles. The van der Waals surface area contributed by atoms with E-state index in [2.05, 4.69) is 10.00 Å². The van der Waals surface area contributed by atoms with Gasteiger partial charge in [0.15, 0.2) is 0 Å². The summed E-state index contributed by atoms with van der Waals surface area (Å²) in [6.07, 6.45) is 3.45. The van der Waals surface area contributed by atoms with Crippen molar-refractivity contribution in [1.82, 2.24) is 19.6 Å². The Kier molecular flexibility index (Phi) is 4.91. The van der Waals surface area contributed by atoms with Crippen LogP contribution >= 0.6 is 0 Å². The van der Waals surface area contributed by atoms with Crippen LogP contribution in [0.4, 0.5) is 0 Å². The highest BCUT2D eigenvalue weighted by Gasteiger charge is 2.58. The molecular formula is C20H24N4O4. The molecule has 1 aromatic heterocycles. The number of amides is 1. The highest BCUT2D eigenvalue weighted by Crippen LogP contribution is 2.43. The topological polar surface area (TPSA) is 87.9 Å². The lowest BCUT2D eigenvalue weighted by atomic mass is 9.81. The van der Waals surface area contributed by atoms with Crippen molar-refractivity contribution in [3.05, 3.63) is 48.3 Å². The molecule has 2 aliphatic heterocycles. The Morgan fingerprint density at radius 2 is 2.07 bits per heavy atom. The Bertz CT molecular complexity index is 869. The smallest absolute Gasteiger partial charge is 0.313 e. The van der Waals surface area contributed by atoms with Crippen LogP contribution in [0.3, 0.4) is 0 Å². The molecule has 0 saturated carbocycles. The largest absolute Gasteiger partial charge is 0.481 e. The third-order valence-electron chi connectivity index (χ3n) is 5.89. The van der Waals surface area contributed by atoms with Gasteiger partial charge in [-0.15, -0.1) is 0 Å². The molecule has 2 fully saturated rings. The maximum atomic E-state index is 13.3. The van der Waals surface area contributed by atoms with Crippen LogP contribution in [0.2, 0.25) is 0 Å². The summed E-state index contributed by atoms with van der Waals surface area (Å²) in [5, 5.41) is 14.2. The zero-order chi connectivity index (χ0) is 19.7. The fourth-order valence-electron chi connectivity index (χ4n) is 4.45. The normalized spacial score (nSPS) is 24.5. The first-order valence-corrected chi connectivity index (χ1v) is 9.38. The minimum absolute atomic E-state index is 0.0809. The molecule has 28 heavy (non-hydrogen) atoms. The number of benzene rings is 1. The first-order valence-electron chi connectivity index (χ1n) is 9.38. The van der Waals surface area contributed by atoms with Crippen LogP contribution in [-0.4, -0.2) is 83.0 Å². The molecule has 1 amide bonds. The lowest BCUT2D eigenvalue weighted by Gasteiger charge is -2.25. The van der Waals surface area contributed by atoms with Gasteiger partial charge in [-0.1, -0.05) is 12.1 Å². The van der Waals surface area contributed by atoms with Crippen LogP contribution in [0.25, 0.3) is 5.69 Å². The number of nitrogens with zero attached hydrogens (tertiary/aromatic N) is 4. The molecule has 8 nitrogen and oxygen atoms in total. The summed E-state index contributed by atoms with van der Waals surface area (Å²) in [7, 11) is 1.64. The predicted molar refractivity (Wildman–Crippen MR) is 101 cm³/mol. The molecule has 2 atom stereocenters. The summed E-state index contributed by atoms with van der Waals surface area (Å²) in [6, 6.07) is 9.09. The van der Waals surface area contributed by atoms with Crippen molar-refractivity contribution in [3.8, 4) is 5.69 Å².